The van der Waals surface area contributed by atoms with Gasteiger partial charge in [-0.1, -0.05) is 12.1 Å². The second-order valence-corrected chi connectivity index (χ2v) is 7.08. The molecule has 0 amide bonds. The van der Waals surface area contributed by atoms with Crippen molar-refractivity contribution in [3.63, 3.8) is 0 Å². The number of imidazole rings is 1. The predicted molar refractivity (Wildman–Crippen MR) is 108 cm³/mol. The number of fused-ring (bicyclic) bond motifs is 1. The number of benzene rings is 2. The van der Waals surface area contributed by atoms with E-state index in [-0.39, 0.29) is 18.5 Å². The first-order valence-corrected chi connectivity index (χ1v) is 9.68. The number of halogens is 1. The topological polar surface area (TPSA) is 87.7 Å². The van der Waals surface area contributed by atoms with E-state index in [9.17, 15) is 9.18 Å². The quantitative estimate of drug-likeness (QED) is 0.454. The van der Waals surface area contributed by atoms with Crippen molar-refractivity contribution < 1.29 is 13.9 Å². The molecule has 0 fully saturated rings. The van der Waals surface area contributed by atoms with Gasteiger partial charge in [-0.15, -0.1) is 10.2 Å². The molecule has 8 nitrogen and oxygen atoms in total. The van der Waals surface area contributed by atoms with E-state index in [2.05, 4.69) is 20.4 Å². The molecule has 0 atom stereocenters. The first-order chi connectivity index (χ1) is 14.4. The molecule has 9 heteroatoms. The molecule has 0 bridgehead atoms. The summed E-state index contributed by atoms with van der Waals surface area (Å²) in [4.78, 5) is 18.1. The summed E-state index contributed by atoms with van der Waals surface area (Å²) in [7, 11) is 0. The van der Waals surface area contributed by atoms with Gasteiger partial charge in [-0.2, -0.15) is 4.80 Å². The number of nitrogens with zero attached hydrogens (tertiary/aromatic N) is 6. The van der Waals surface area contributed by atoms with Crippen molar-refractivity contribution in [2.75, 3.05) is 0 Å². The Kier molecular flexibility index (Phi) is 5.26. The molecule has 0 aliphatic carbocycles. The van der Waals surface area contributed by atoms with Crippen LogP contribution in [0.3, 0.4) is 0 Å². The Morgan fingerprint density at radius 2 is 2.03 bits per heavy atom. The lowest BCUT2D eigenvalue weighted by atomic mass is 10.1. The van der Waals surface area contributed by atoms with E-state index in [1.54, 1.807) is 44.2 Å². The largest absolute Gasteiger partial charge is 0.459 e. The number of carbonyl (C=O) groups excluding carboxylic acids is 1. The van der Waals surface area contributed by atoms with Crippen LogP contribution in [0.5, 0.6) is 0 Å². The van der Waals surface area contributed by atoms with Gasteiger partial charge in [0.1, 0.15) is 18.2 Å². The van der Waals surface area contributed by atoms with Crippen LogP contribution in [0.25, 0.3) is 22.4 Å². The van der Waals surface area contributed by atoms with Crippen LogP contribution in [-0.2, 0) is 17.8 Å². The second-order valence-electron chi connectivity index (χ2n) is 7.08. The summed E-state index contributed by atoms with van der Waals surface area (Å²) in [6.45, 7) is 6.56. The maximum atomic E-state index is 13.5. The highest BCUT2D eigenvalue weighted by atomic mass is 19.1. The fraction of sp³-hybridized carbons (Fsp3) is 0.286. The highest BCUT2D eigenvalue weighted by Gasteiger charge is 2.15. The van der Waals surface area contributed by atoms with Gasteiger partial charge in [-0.05, 0) is 50.3 Å². The average Bonchev–Trinajstić information content (AvgIpc) is 3.31. The molecule has 154 valence electrons. The number of esters is 1. The summed E-state index contributed by atoms with van der Waals surface area (Å²) < 4.78 is 20.8. The fourth-order valence-corrected chi connectivity index (χ4v) is 3.25. The van der Waals surface area contributed by atoms with Gasteiger partial charge in [-0.25, -0.2) is 14.2 Å². The number of aryl methyl sites for hydroxylation is 1. The Hall–Kier alpha value is -3.62. The molecule has 0 N–H and O–H groups in total. The summed E-state index contributed by atoms with van der Waals surface area (Å²) in [5.41, 5.74) is 2.52. The van der Waals surface area contributed by atoms with E-state index in [0.29, 0.717) is 34.8 Å². The lowest BCUT2D eigenvalue weighted by molar-refractivity contribution is 0.0378. The molecule has 2 heterocycles. The van der Waals surface area contributed by atoms with Gasteiger partial charge >= 0.3 is 5.97 Å². The molecule has 0 unspecified atom stereocenters. The van der Waals surface area contributed by atoms with Crippen LogP contribution in [0.15, 0.2) is 42.5 Å². The molecular formula is C21H21FN6O2. The van der Waals surface area contributed by atoms with Crippen molar-refractivity contribution in [3.8, 4) is 11.4 Å². The minimum absolute atomic E-state index is 0.202. The number of rotatable bonds is 6. The Balaban J connectivity index is 1.60. The van der Waals surface area contributed by atoms with Crippen LogP contribution in [0.2, 0.25) is 0 Å². The third kappa shape index (κ3) is 3.91. The van der Waals surface area contributed by atoms with E-state index in [4.69, 9.17) is 4.74 Å². The summed E-state index contributed by atoms with van der Waals surface area (Å²) >= 11 is 0. The molecule has 0 saturated heterocycles. The number of ether oxygens (including phenoxy) is 1. The maximum absolute atomic E-state index is 13.5. The smallest absolute Gasteiger partial charge is 0.338 e. The molecule has 2 aromatic carbocycles. The van der Waals surface area contributed by atoms with E-state index in [0.717, 1.165) is 5.52 Å². The molecule has 2 aromatic heterocycles. The van der Waals surface area contributed by atoms with Crippen molar-refractivity contribution >= 4 is 17.0 Å². The standard InChI is InChI=1S/C21H21FN6O2/c1-4-27-18-9-8-16(22)11-17(18)23-19(27)12-28-25-20(24-26-28)14-6-5-7-15(10-14)21(29)30-13(2)3/h5-11,13H,4,12H2,1-3H3. The Morgan fingerprint density at radius 3 is 2.80 bits per heavy atom. The summed E-state index contributed by atoms with van der Waals surface area (Å²) in [5, 5.41) is 12.6. The normalized spacial score (nSPS) is 11.4. The Morgan fingerprint density at radius 1 is 1.20 bits per heavy atom. The minimum atomic E-state index is -0.400. The van der Waals surface area contributed by atoms with Crippen LogP contribution in [0.4, 0.5) is 4.39 Å². The van der Waals surface area contributed by atoms with Crippen LogP contribution in [0, 0.1) is 5.82 Å². The van der Waals surface area contributed by atoms with E-state index >= 15 is 0 Å². The molecule has 0 spiro atoms. The van der Waals surface area contributed by atoms with Gasteiger partial charge in [0.15, 0.2) is 0 Å². The zero-order valence-electron chi connectivity index (χ0n) is 16.9. The first kappa shape index (κ1) is 19.7. The van der Waals surface area contributed by atoms with Gasteiger partial charge in [0.25, 0.3) is 0 Å². The van der Waals surface area contributed by atoms with Crippen LogP contribution >= 0.6 is 0 Å². The third-order valence-corrected chi connectivity index (χ3v) is 4.54. The molecule has 0 aliphatic rings. The van der Waals surface area contributed by atoms with Crippen LogP contribution in [-0.4, -0.2) is 41.8 Å². The summed E-state index contributed by atoms with van der Waals surface area (Å²) in [5.74, 6) is 0.366. The second kappa shape index (κ2) is 8.02. The molecule has 0 aliphatic heterocycles. The highest BCUT2D eigenvalue weighted by molar-refractivity contribution is 5.90. The third-order valence-electron chi connectivity index (χ3n) is 4.54. The van der Waals surface area contributed by atoms with Gasteiger partial charge in [0.2, 0.25) is 5.82 Å². The molecule has 4 aromatic rings. The monoisotopic (exact) mass is 408 g/mol. The molecule has 4 rings (SSSR count). The van der Waals surface area contributed by atoms with Gasteiger partial charge in [0.05, 0.1) is 22.7 Å². The lowest BCUT2D eigenvalue weighted by Crippen LogP contribution is -2.11. The Labute approximate surface area is 172 Å². The van der Waals surface area contributed by atoms with Crippen molar-refractivity contribution in [1.82, 2.24) is 29.8 Å². The number of hydrogen-bond donors (Lipinski definition) is 0. The van der Waals surface area contributed by atoms with Gasteiger partial charge < -0.3 is 9.30 Å². The Bertz CT molecular complexity index is 1210. The zero-order chi connectivity index (χ0) is 21.3. The summed E-state index contributed by atoms with van der Waals surface area (Å²) in [6, 6.07) is 11.5. The zero-order valence-corrected chi connectivity index (χ0v) is 16.9. The number of carbonyl (C=O) groups is 1. The minimum Gasteiger partial charge on any atom is -0.459 e. The fourth-order valence-electron chi connectivity index (χ4n) is 3.25. The SMILES string of the molecule is CCn1c(Cn2nnc(-c3cccc(C(=O)OC(C)C)c3)n2)nc2cc(F)ccc21. The summed E-state index contributed by atoms with van der Waals surface area (Å²) in [6.07, 6.45) is -0.202. The first-order valence-electron chi connectivity index (χ1n) is 9.68. The number of hydrogen-bond acceptors (Lipinski definition) is 6. The molecule has 0 radical (unpaired) electrons. The molecule has 0 saturated carbocycles. The van der Waals surface area contributed by atoms with Gasteiger partial charge in [-0.3, -0.25) is 0 Å². The number of aromatic nitrogens is 6. The van der Waals surface area contributed by atoms with E-state index < -0.39 is 5.97 Å². The lowest BCUT2D eigenvalue weighted by Gasteiger charge is -2.08. The number of tetrazole rings is 1. The predicted octanol–water partition coefficient (Wildman–Crippen LogP) is 3.46. The molecular weight excluding hydrogens is 387 g/mol. The average molecular weight is 408 g/mol. The van der Waals surface area contributed by atoms with Crippen LogP contribution < -0.4 is 0 Å². The van der Waals surface area contributed by atoms with Crippen molar-refractivity contribution in [3.05, 3.63) is 59.7 Å². The van der Waals surface area contributed by atoms with Crippen molar-refractivity contribution in [1.29, 1.82) is 0 Å². The molecule has 30 heavy (non-hydrogen) atoms. The maximum Gasteiger partial charge on any atom is 0.338 e. The van der Waals surface area contributed by atoms with E-state index in [1.807, 2.05) is 11.5 Å². The van der Waals surface area contributed by atoms with Crippen molar-refractivity contribution in [2.45, 2.75) is 40.0 Å². The van der Waals surface area contributed by atoms with Gasteiger partial charge in [0, 0.05) is 18.2 Å². The van der Waals surface area contributed by atoms with Crippen LogP contribution in [0.1, 0.15) is 37.0 Å². The highest BCUT2D eigenvalue weighted by Crippen LogP contribution is 2.19. The van der Waals surface area contributed by atoms with E-state index in [1.165, 1.54) is 16.9 Å². The van der Waals surface area contributed by atoms with Crippen molar-refractivity contribution in [2.24, 2.45) is 0 Å².